The van der Waals surface area contributed by atoms with Gasteiger partial charge in [0.15, 0.2) is 0 Å². The molecule has 1 heterocycles. The van der Waals surface area contributed by atoms with Gasteiger partial charge in [-0.3, -0.25) is 0 Å². The SMILES string of the molecule is ClC1=CSCN1CBr. The van der Waals surface area contributed by atoms with Gasteiger partial charge in [-0.1, -0.05) is 27.5 Å². The molecule has 0 amide bonds. The summed E-state index contributed by atoms with van der Waals surface area (Å²) in [7, 11) is 0. The molecule has 0 N–H and O–H groups in total. The third-order valence-electron chi connectivity index (χ3n) is 0.857. The predicted molar refractivity (Wildman–Crippen MR) is 42.0 cm³/mol. The van der Waals surface area contributed by atoms with E-state index in [4.69, 9.17) is 11.6 Å². The molecule has 0 saturated heterocycles. The Morgan fingerprint density at radius 2 is 2.75 bits per heavy atom. The number of thioether (sulfide) groups is 1. The van der Waals surface area contributed by atoms with Crippen LogP contribution in [0.2, 0.25) is 0 Å². The van der Waals surface area contributed by atoms with Crippen LogP contribution < -0.4 is 0 Å². The van der Waals surface area contributed by atoms with E-state index in [1.165, 1.54) is 0 Å². The van der Waals surface area contributed by atoms with Crippen molar-refractivity contribution in [1.82, 2.24) is 4.90 Å². The number of halogens is 2. The highest BCUT2D eigenvalue weighted by Crippen LogP contribution is 2.25. The van der Waals surface area contributed by atoms with Gasteiger partial charge in [0, 0.05) is 5.41 Å². The Hall–Kier alpha value is 0.660. The van der Waals surface area contributed by atoms with Crippen molar-refractivity contribution in [2.24, 2.45) is 0 Å². The molecule has 0 bridgehead atoms. The van der Waals surface area contributed by atoms with Gasteiger partial charge >= 0.3 is 0 Å². The molecule has 8 heavy (non-hydrogen) atoms. The van der Waals surface area contributed by atoms with Crippen molar-refractivity contribution >= 4 is 39.3 Å². The lowest BCUT2D eigenvalue weighted by molar-refractivity contribution is 0.520. The quantitative estimate of drug-likeness (QED) is 0.487. The van der Waals surface area contributed by atoms with Gasteiger partial charge < -0.3 is 4.90 Å². The first-order chi connectivity index (χ1) is 3.84. The second-order valence-electron chi connectivity index (χ2n) is 1.40. The Morgan fingerprint density at radius 3 is 3.00 bits per heavy atom. The van der Waals surface area contributed by atoms with Crippen LogP contribution in [-0.4, -0.2) is 16.2 Å². The molecule has 0 aromatic heterocycles. The highest BCUT2D eigenvalue weighted by atomic mass is 79.9. The van der Waals surface area contributed by atoms with Crippen LogP contribution in [0, 0.1) is 0 Å². The van der Waals surface area contributed by atoms with E-state index in [2.05, 4.69) is 15.9 Å². The van der Waals surface area contributed by atoms with Gasteiger partial charge in [0.05, 0.1) is 11.3 Å². The predicted octanol–water partition coefficient (Wildman–Crippen LogP) is 2.38. The topological polar surface area (TPSA) is 3.24 Å². The lowest BCUT2D eigenvalue weighted by atomic mass is 10.8. The zero-order chi connectivity index (χ0) is 5.98. The minimum Gasteiger partial charge on any atom is -0.342 e. The van der Waals surface area contributed by atoms with Gasteiger partial charge in [-0.25, -0.2) is 0 Å². The van der Waals surface area contributed by atoms with E-state index in [0.29, 0.717) is 0 Å². The van der Waals surface area contributed by atoms with E-state index >= 15 is 0 Å². The molecule has 4 heteroatoms. The van der Waals surface area contributed by atoms with E-state index in [9.17, 15) is 0 Å². The fraction of sp³-hybridized carbons (Fsp3) is 0.500. The summed E-state index contributed by atoms with van der Waals surface area (Å²) in [5.41, 5.74) is 0.829. The Morgan fingerprint density at radius 1 is 2.00 bits per heavy atom. The van der Waals surface area contributed by atoms with Gasteiger partial charge in [0.25, 0.3) is 0 Å². The second kappa shape index (κ2) is 2.99. The van der Waals surface area contributed by atoms with Crippen LogP contribution in [0.4, 0.5) is 0 Å². The number of rotatable bonds is 1. The second-order valence-corrected chi connectivity index (χ2v) is 3.11. The average molecular weight is 215 g/mol. The number of alkyl halides is 1. The number of hydrogen-bond acceptors (Lipinski definition) is 2. The van der Waals surface area contributed by atoms with Crippen LogP contribution in [0.15, 0.2) is 10.6 Å². The van der Waals surface area contributed by atoms with Crippen molar-refractivity contribution in [2.75, 3.05) is 11.3 Å². The van der Waals surface area contributed by atoms with Crippen molar-refractivity contribution in [2.45, 2.75) is 0 Å². The molecule has 0 atom stereocenters. The lowest BCUT2D eigenvalue weighted by Gasteiger charge is -2.11. The summed E-state index contributed by atoms with van der Waals surface area (Å²) >= 11 is 10.7. The fourth-order valence-electron chi connectivity index (χ4n) is 0.424. The molecule has 0 aliphatic carbocycles. The van der Waals surface area contributed by atoms with Crippen LogP contribution in [0.1, 0.15) is 0 Å². The van der Waals surface area contributed by atoms with Crippen LogP contribution in [0.5, 0.6) is 0 Å². The molecule has 46 valence electrons. The summed E-state index contributed by atoms with van der Waals surface area (Å²) < 4.78 is 0. The highest BCUT2D eigenvalue weighted by molar-refractivity contribution is 9.09. The molecule has 1 rings (SSSR count). The normalized spacial score (nSPS) is 19.2. The zero-order valence-corrected chi connectivity index (χ0v) is 7.26. The Kier molecular flexibility index (Phi) is 2.53. The molecule has 0 fully saturated rings. The number of nitrogens with zero attached hydrogens (tertiary/aromatic N) is 1. The number of hydrogen-bond donors (Lipinski definition) is 0. The molecule has 0 unspecified atom stereocenters. The molecule has 0 aromatic rings. The first kappa shape index (κ1) is 6.78. The van der Waals surface area contributed by atoms with Crippen LogP contribution in [0.25, 0.3) is 0 Å². The lowest BCUT2D eigenvalue weighted by Crippen LogP contribution is -2.12. The smallest absolute Gasteiger partial charge is 0.112 e. The first-order valence-corrected chi connectivity index (χ1v) is 4.67. The molecular formula is C4H5BrClNS. The largest absolute Gasteiger partial charge is 0.342 e. The molecule has 1 aliphatic heterocycles. The fourth-order valence-corrected chi connectivity index (χ4v) is 2.40. The summed E-state index contributed by atoms with van der Waals surface area (Å²) in [4.78, 5) is 2.03. The summed E-state index contributed by atoms with van der Waals surface area (Å²) in [6, 6.07) is 0. The van der Waals surface area contributed by atoms with Crippen molar-refractivity contribution < 1.29 is 0 Å². The van der Waals surface area contributed by atoms with Crippen LogP contribution in [-0.2, 0) is 0 Å². The van der Waals surface area contributed by atoms with E-state index < -0.39 is 0 Å². The highest BCUT2D eigenvalue weighted by Gasteiger charge is 2.10. The van der Waals surface area contributed by atoms with E-state index in [-0.39, 0.29) is 0 Å². The first-order valence-electron chi connectivity index (χ1n) is 2.13. The third-order valence-corrected chi connectivity index (χ3v) is 2.79. The maximum atomic E-state index is 5.71. The van der Waals surface area contributed by atoms with E-state index in [0.717, 1.165) is 16.5 Å². The van der Waals surface area contributed by atoms with Crippen molar-refractivity contribution in [1.29, 1.82) is 0 Å². The zero-order valence-electron chi connectivity index (χ0n) is 4.10. The van der Waals surface area contributed by atoms with E-state index in [1.807, 2.05) is 10.3 Å². The summed E-state index contributed by atoms with van der Waals surface area (Å²) in [6.07, 6.45) is 0. The van der Waals surface area contributed by atoms with Gasteiger partial charge in [-0.05, 0) is 0 Å². The third kappa shape index (κ3) is 1.33. The van der Waals surface area contributed by atoms with Crippen LogP contribution in [0.3, 0.4) is 0 Å². The Bertz CT molecular complexity index is 117. The molecule has 0 radical (unpaired) electrons. The van der Waals surface area contributed by atoms with Crippen LogP contribution >= 0.6 is 39.3 Å². The molecule has 1 aliphatic rings. The van der Waals surface area contributed by atoms with Gasteiger partial charge in [-0.15, -0.1) is 11.8 Å². The van der Waals surface area contributed by atoms with Crippen molar-refractivity contribution in [3.8, 4) is 0 Å². The maximum absolute atomic E-state index is 5.71. The molecule has 1 nitrogen and oxygen atoms in total. The standard InChI is InChI=1S/C4H5BrClNS/c5-2-7-3-8-1-4(7)6/h1H,2-3H2. The Labute approximate surface area is 66.2 Å². The molecule has 0 saturated carbocycles. The molecular weight excluding hydrogens is 209 g/mol. The molecule has 0 spiro atoms. The monoisotopic (exact) mass is 213 g/mol. The summed E-state index contributed by atoms with van der Waals surface area (Å²) in [5.74, 6) is 0.976. The van der Waals surface area contributed by atoms with Crippen molar-refractivity contribution in [3.63, 3.8) is 0 Å². The summed E-state index contributed by atoms with van der Waals surface area (Å²) in [5, 5.41) is 2.79. The van der Waals surface area contributed by atoms with Gasteiger partial charge in [-0.2, -0.15) is 0 Å². The van der Waals surface area contributed by atoms with Gasteiger partial charge in [0.1, 0.15) is 5.16 Å². The Balaban J connectivity index is 2.46. The minimum absolute atomic E-state index is 0.829. The maximum Gasteiger partial charge on any atom is 0.112 e. The molecule has 0 aromatic carbocycles. The van der Waals surface area contributed by atoms with E-state index in [1.54, 1.807) is 11.8 Å². The van der Waals surface area contributed by atoms with Gasteiger partial charge in [0.2, 0.25) is 0 Å². The average Bonchev–Trinajstić information content (AvgIpc) is 2.14. The minimum atomic E-state index is 0.829. The van der Waals surface area contributed by atoms with Crippen molar-refractivity contribution in [3.05, 3.63) is 10.6 Å². The summed E-state index contributed by atoms with van der Waals surface area (Å²) in [6.45, 7) is 0.